The van der Waals surface area contributed by atoms with E-state index in [4.69, 9.17) is 0 Å². The van der Waals surface area contributed by atoms with Crippen molar-refractivity contribution < 1.29 is 4.79 Å². The normalized spacial score (nSPS) is 11.4. The average molecular weight is 299 g/mol. The molecule has 0 saturated heterocycles. The summed E-state index contributed by atoms with van der Waals surface area (Å²) in [6.07, 6.45) is 8.62. The van der Waals surface area contributed by atoms with Gasteiger partial charge in [0.05, 0.1) is 6.54 Å². The summed E-state index contributed by atoms with van der Waals surface area (Å²) in [7, 11) is 0. The van der Waals surface area contributed by atoms with E-state index in [0.717, 1.165) is 0 Å². The van der Waals surface area contributed by atoms with Gasteiger partial charge in [0.1, 0.15) is 0 Å². The Bertz CT molecular complexity index is 469. The lowest BCUT2D eigenvalue weighted by Gasteiger charge is -2.09. The third kappa shape index (κ3) is 7.88. The summed E-state index contributed by atoms with van der Waals surface area (Å²) in [5.41, 5.74) is 0.690. The van der Waals surface area contributed by atoms with Crippen LogP contribution in [-0.4, -0.2) is 12.5 Å². The molecule has 1 N–H and O–H groups in total. The maximum Gasteiger partial charge on any atom is 0.252 e. The second-order valence-corrected chi connectivity index (χ2v) is 5.70. The van der Waals surface area contributed by atoms with Gasteiger partial charge in [0.15, 0.2) is 0 Å². The molecule has 1 amide bonds. The molecule has 1 unspecified atom stereocenters. The Morgan fingerprint density at radius 2 is 1.73 bits per heavy atom. The minimum Gasteiger partial charge on any atom is -0.341 e. The van der Waals surface area contributed by atoms with Gasteiger partial charge in [0.2, 0.25) is 0 Å². The summed E-state index contributed by atoms with van der Waals surface area (Å²) >= 11 is 0. The Labute approximate surface area is 135 Å². The first-order valence-electron chi connectivity index (χ1n) is 8.59. The largest absolute Gasteiger partial charge is 0.341 e. The van der Waals surface area contributed by atoms with Crippen molar-refractivity contribution in [1.29, 1.82) is 0 Å². The number of unbranched alkanes of at least 4 members (excludes halogenated alkanes) is 3. The minimum absolute atomic E-state index is 0.0500. The van der Waals surface area contributed by atoms with Crippen molar-refractivity contribution in [3.8, 4) is 11.8 Å². The van der Waals surface area contributed by atoms with Gasteiger partial charge in [-0.1, -0.05) is 76.0 Å². The third-order valence-corrected chi connectivity index (χ3v) is 3.74. The Morgan fingerprint density at radius 1 is 1.05 bits per heavy atom. The van der Waals surface area contributed by atoms with E-state index in [-0.39, 0.29) is 5.91 Å². The number of hydrogen-bond acceptors (Lipinski definition) is 1. The quantitative estimate of drug-likeness (QED) is 0.514. The molecule has 0 bridgehead atoms. The molecule has 0 spiro atoms. The van der Waals surface area contributed by atoms with Gasteiger partial charge < -0.3 is 5.32 Å². The van der Waals surface area contributed by atoms with Crippen molar-refractivity contribution in [2.75, 3.05) is 6.54 Å². The first-order valence-corrected chi connectivity index (χ1v) is 8.59. The van der Waals surface area contributed by atoms with E-state index in [9.17, 15) is 4.79 Å². The van der Waals surface area contributed by atoms with Crippen LogP contribution in [0.5, 0.6) is 0 Å². The average Bonchev–Trinajstić information content (AvgIpc) is 2.56. The zero-order valence-electron chi connectivity index (χ0n) is 14.0. The van der Waals surface area contributed by atoms with Crippen molar-refractivity contribution in [3.05, 3.63) is 35.9 Å². The molecule has 22 heavy (non-hydrogen) atoms. The van der Waals surface area contributed by atoms with Crippen LogP contribution in [0.15, 0.2) is 30.3 Å². The second-order valence-electron chi connectivity index (χ2n) is 5.70. The number of carbonyl (C=O) groups excluding carboxylic acids is 1. The lowest BCUT2D eigenvalue weighted by Crippen LogP contribution is -2.23. The first-order chi connectivity index (χ1) is 10.8. The molecule has 2 heteroatoms. The van der Waals surface area contributed by atoms with Crippen LogP contribution in [0.1, 0.15) is 69.2 Å². The van der Waals surface area contributed by atoms with E-state index >= 15 is 0 Å². The van der Waals surface area contributed by atoms with Crippen LogP contribution in [0.25, 0.3) is 0 Å². The number of nitrogens with one attached hydrogen (secondary N) is 1. The van der Waals surface area contributed by atoms with Gasteiger partial charge in [-0.3, -0.25) is 4.79 Å². The Morgan fingerprint density at radius 3 is 2.41 bits per heavy atom. The second kappa shape index (κ2) is 11.9. The molecule has 0 fully saturated rings. The summed E-state index contributed by atoms with van der Waals surface area (Å²) in [6.45, 7) is 4.88. The Hall–Kier alpha value is -1.75. The molecule has 0 aliphatic rings. The van der Waals surface area contributed by atoms with Crippen molar-refractivity contribution in [2.24, 2.45) is 5.92 Å². The summed E-state index contributed by atoms with van der Waals surface area (Å²) < 4.78 is 0. The monoisotopic (exact) mass is 299 g/mol. The molecule has 0 radical (unpaired) electrons. The van der Waals surface area contributed by atoms with Crippen molar-refractivity contribution in [2.45, 2.75) is 58.8 Å². The Balaban J connectivity index is 2.38. The molecule has 1 rings (SSSR count). The molecular weight excluding hydrogens is 270 g/mol. The number of rotatable bonds is 9. The Kier molecular flexibility index (Phi) is 9.87. The molecule has 0 aromatic heterocycles. The molecule has 1 aromatic rings. The van der Waals surface area contributed by atoms with E-state index in [1.54, 1.807) is 0 Å². The van der Waals surface area contributed by atoms with E-state index in [0.29, 0.717) is 18.0 Å². The zero-order chi connectivity index (χ0) is 16.0. The number of amides is 1. The van der Waals surface area contributed by atoms with Crippen LogP contribution >= 0.6 is 0 Å². The van der Waals surface area contributed by atoms with E-state index in [1.807, 2.05) is 30.3 Å². The highest BCUT2D eigenvalue weighted by Gasteiger charge is 2.04. The molecule has 1 aromatic carbocycles. The highest BCUT2D eigenvalue weighted by molar-refractivity contribution is 5.94. The van der Waals surface area contributed by atoms with Crippen molar-refractivity contribution in [1.82, 2.24) is 5.32 Å². The number of carbonyl (C=O) groups is 1. The summed E-state index contributed by atoms with van der Waals surface area (Å²) in [6, 6.07) is 9.28. The molecule has 0 aliphatic heterocycles. The lowest BCUT2D eigenvalue weighted by molar-refractivity contribution is 0.0958. The molecule has 2 nitrogen and oxygen atoms in total. The zero-order valence-corrected chi connectivity index (χ0v) is 14.0. The van der Waals surface area contributed by atoms with Gasteiger partial charge in [-0.2, -0.15) is 0 Å². The fourth-order valence-electron chi connectivity index (χ4n) is 2.39. The lowest BCUT2D eigenvalue weighted by atomic mass is 9.96. The summed E-state index contributed by atoms with van der Waals surface area (Å²) in [4.78, 5) is 11.9. The highest BCUT2D eigenvalue weighted by Crippen LogP contribution is 2.15. The molecule has 0 aliphatic carbocycles. The first kappa shape index (κ1) is 18.3. The van der Waals surface area contributed by atoms with E-state index in [2.05, 4.69) is 31.0 Å². The standard InChI is InChI=1S/C20H29NO/c1-3-5-8-13-18(12-6-4-2)14-11-17-21-20(22)19-15-9-7-10-16-19/h7,9-10,15-16,18H,3-6,8,12-13,17H2,1-2H3,(H,21,22). The summed E-state index contributed by atoms with van der Waals surface area (Å²) in [5, 5.41) is 2.87. The van der Waals surface area contributed by atoms with Gasteiger partial charge >= 0.3 is 0 Å². The van der Waals surface area contributed by atoms with Crippen LogP contribution in [-0.2, 0) is 0 Å². The molecule has 0 heterocycles. The fourth-order valence-corrected chi connectivity index (χ4v) is 2.39. The number of hydrogen-bond donors (Lipinski definition) is 1. The van der Waals surface area contributed by atoms with Crippen LogP contribution < -0.4 is 5.32 Å². The maximum atomic E-state index is 11.9. The number of benzene rings is 1. The van der Waals surface area contributed by atoms with Crippen LogP contribution in [0.3, 0.4) is 0 Å². The molecule has 0 saturated carbocycles. The van der Waals surface area contributed by atoms with Crippen LogP contribution in [0, 0.1) is 17.8 Å². The maximum absolute atomic E-state index is 11.9. The van der Waals surface area contributed by atoms with Gasteiger partial charge in [-0.15, -0.1) is 0 Å². The van der Waals surface area contributed by atoms with Gasteiger partial charge in [-0.05, 0) is 25.0 Å². The van der Waals surface area contributed by atoms with Crippen molar-refractivity contribution in [3.63, 3.8) is 0 Å². The fraction of sp³-hybridized carbons (Fsp3) is 0.550. The van der Waals surface area contributed by atoms with Crippen LogP contribution in [0.2, 0.25) is 0 Å². The van der Waals surface area contributed by atoms with E-state index in [1.165, 1.54) is 44.9 Å². The van der Waals surface area contributed by atoms with Crippen LogP contribution in [0.4, 0.5) is 0 Å². The van der Waals surface area contributed by atoms with Gasteiger partial charge in [0.25, 0.3) is 5.91 Å². The summed E-state index contributed by atoms with van der Waals surface area (Å²) in [5.74, 6) is 6.93. The van der Waals surface area contributed by atoms with Crippen molar-refractivity contribution >= 4 is 5.91 Å². The predicted molar refractivity (Wildman–Crippen MR) is 93.7 cm³/mol. The predicted octanol–water partition coefficient (Wildman–Crippen LogP) is 4.81. The SMILES string of the molecule is CCCCCC(C#CCNC(=O)c1ccccc1)CCCC. The van der Waals surface area contributed by atoms with E-state index < -0.39 is 0 Å². The van der Waals surface area contributed by atoms with Gasteiger partial charge in [-0.25, -0.2) is 0 Å². The topological polar surface area (TPSA) is 29.1 Å². The third-order valence-electron chi connectivity index (χ3n) is 3.74. The molecular formula is C20H29NO. The molecule has 120 valence electrons. The molecule has 1 atom stereocenters. The van der Waals surface area contributed by atoms with Gasteiger partial charge in [0, 0.05) is 11.5 Å². The highest BCUT2D eigenvalue weighted by atomic mass is 16.1. The minimum atomic E-state index is -0.0500. The smallest absolute Gasteiger partial charge is 0.252 e.